The summed E-state index contributed by atoms with van der Waals surface area (Å²) in [5.41, 5.74) is 9.78. The molecule has 2 aromatic carbocycles. The Morgan fingerprint density at radius 2 is 1.94 bits per heavy atom. The van der Waals surface area contributed by atoms with Gasteiger partial charge in [-0.25, -0.2) is 0 Å². The fraction of sp³-hybridized carbons (Fsp3) is 0.133. The smallest absolute Gasteiger partial charge is 0.121 e. The Bertz CT molecular complexity index is 627. The Morgan fingerprint density at radius 3 is 2.56 bits per heavy atom. The second-order valence-electron chi connectivity index (χ2n) is 4.10. The van der Waals surface area contributed by atoms with Crippen LogP contribution in [-0.2, 0) is 0 Å². The van der Waals surface area contributed by atoms with Gasteiger partial charge in [0.05, 0.1) is 18.7 Å². The van der Waals surface area contributed by atoms with Crippen molar-refractivity contribution >= 4 is 5.69 Å². The number of hydrogen-bond donors (Lipinski definition) is 1. The highest BCUT2D eigenvalue weighted by atomic mass is 16.5. The summed E-state index contributed by atoms with van der Waals surface area (Å²) in [4.78, 5) is 0. The number of hydrogen-bond acceptors (Lipinski definition) is 3. The van der Waals surface area contributed by atoms with Gasteiger partial charge in [-0.3, -0.25) is 0 Å². The fourth-order valence-electron chi connectivity index (χ4n) is 1.95. The largest absolute Gasteiger partial charge is 0.496 e. The van der Waals surface area contributed by atoms with Crippen molar-refractivity contribution < 1.29 is 4.74 Å². The summed E-state index contributed by atoms with van der Waals surface area (Å²) in [6.07, 6.45) is 0. The standard InChI is InChI=1S/C15H14N2O/c1-10-7-11(3-6-15(10)18-2)14-5-4-13(17)8-12(14)9-16/h3-8H,17H2,1-2H3. The quantitative estimate of drug-likeness (QED) is 0.818. The lowest BCUT2D eigenvalue weighted by molar-refractivity contribution is 0.412. The third-order valence-corrected chi connectivity index (χ3v) is 2.87. The molecule has 0 aliphatic rings. The van der Waals surface area contributed by atoms with E-state index in [1.54, 1.807) is 19.2 Å². The van der Waals surface area contributed by atoms with E-state index in [-0.39, 0.29) is 0 Å². The molecule has 0 saturated carbocycles. The summed E-state index contributed by atoms with van der Waals surface area (Å²) < 4.78 is 5.23. The number of nitriles is 1. The maximum atomic E-state index is 9.14. The summed E-state index contributed by atoms with van der Waals surface area (Å²) in [5, 5.41) is 9.14. The van der Waals surface area contributed by atoms with Crippen LogP contribution in [0.5, 0.6) is 5.75 Å². The highest BCUT2D eigenvalue weighted by molar-refractivity contribution is 5.74. The molecule has 0 amide bonds. The predicted molar refractivity (Wildman–Crippen MR) is 72.3 cm³/mol. The van der Waals surface area contributed by atoms with E-state index < -0.39 is 0 Å². The van der Waals surface area contributed by atoms with Crippen LogP contribution < -0.4 is 10.5 Å². The third kappa shape index (κ3) is 2.14. The molecule has 0 saturated heterocycles. The van der Waals surface area contributed by atoms with Crippen molar-refractivity contribution in [1.29, 1.82) is 5.26 Å². The predicted octanol–water partition coefficient (Wildman–Crippen LogP) is 3.12. The van der Waals surface area contributed by atoms with Crippen LogP contribution in [-0.4, -0.2) is 7.11 Å². The van der Waals surface area contributed by atoms with Crippen molar-refractivity contribution in [2.24, 2.45) is 0 Å². The average Bonchev–Trinajstić information content (AvgIpc) is 2.38. The molecule has 0 bridgehead atoms. The lowest BCUT2D eigenvalue weighted by Gasteiger charge is -2.09. The van der Waals surface area contributed by atoms with Gasteiger partial charge in [0.15, 0.2) is 0 Å². The van der Waals surface area contributed by atoms with Gasteiger partial charge in [0.1, 0.15) is 5.75 Å². The molecule has 0 aromatic heterocycles. The van der Waals surface area contributed by atoms with Crippen molar-refractivity contribution in [3.8, 4) is 22.9 Å². The van der Waals surface area contributed by atoms with E-state index in [0.717, 1.165) is 22.4 Å². The van der Waals surface area contributed by atoms with Crippen LogP contribution in [0.15, 0.2) is 36.4 Å². The van der Waals surface area contributed by atoms with Crippen molar-refractivity contribution in [2.75, 3.05) is 12.8 Å². The van der Waals surface area contributed by atoms with E-state index in [1.807, 2.05) is 31.2 Å². The van der Waals surface area contributed by atoms with Crippen LogP contribution in [0.3, 0.4) is 0 Å². The Labute approximate surface area is 106 Å². The first kappa shape index (κ1) is 12.0. The van der Waals surface area contributed by atoms with Gasteiger partial charge in [-0.05, 0) is 47.9 Å². The molecule has 3 nitrogen and oxygen atoms in total. The minimum atomic E-state index is 0.583. The molecule has 18 heavy (non-hydrogen) atoms. The summed E-state index contributed by atoms with van der Waals surface area (Å²) >= 11 is 0. The van der Waals surface area contributed by atoms with Gasteiger partial charge < -0.3 is 10.5 Å². The molecular weight excluding hydrogens is 224 g/mol. The number of nitrogens with two attached hydrogens (primary N) is 1. The Balaban J connectivity index is 2.56. The lowest BCUT2D eigenvalue weighted by atomic mass is 9.98. The number of aryl methyl sites for hydroxylation is 1. The third-order valence-electron chi connectivity index (χ3n) is 2.87. The number of nitrogen functional groups attached to an aromatic ring is 1. The van der Waals surface area contributed by atoms with Gasteiger partial charge in [0.2, 0.25) is 0 Å². The number of ether oxygens (including phenoxy) is 1. The van der Waals surface area contributed by atoms with Gasteiger partial charge in [-0.1, -0.05) is 12.1 Å². The van der Waals surface area contributed by atoms with Crippen molar-refractivity contribution in [2.45, 2.75) is 6.92 Å². The maximum Gasteiger partial charge on any atom is 0.121 e. The van der Waals surface area contributed by atoms with Crippen LogP contribution in [0.2, 0.25) is 0 Å². The van der Waals surface area contributed by atoms with Gasteiger partial charge >= 0.3 is 0 Å². The molecule has 0 spiro atoms. The highest BCUT2D eigenvalue weighted by Gasteiger charge is 2.07. The van der Waals surface area contributed by atoms with Crippen molar-refractivity contribution in [1.82, 2.24) is 0 Å². The minimum Gasteiger partial charge on any atom is -0.496 e. The molecule has 0 fully saturated rings. The first-order valence-electron chi connectivity index (χ1n) is 5.60. The molecular formula is C15H14N2O. The second-order valence-corrected chi connectivity index (χ2v) is 4.10. The monoisotopic (exact) mass is 238 g/mol. The molecule has 0 aliphatic heterocycles. The van der Waals surface area contributed by atoms with E-state index >= 15 is 0 Å². The molecule has 0 atom stereocenters. The Morgan fingerprint density at radius 1 is 1.17 bits per heavy atom. The molecule has 0 aliphatic carbocycles. The summed E-state index contributed by atoms with van der Waals surface area (Å²) in [7, 11) is 1.64. The van der Waals surface area contributed by atoms with Gasteiger partial charge in [-0.2, -0.15) is 5.26 Å². The summed E-state index contributed by atoms with van der Waals surface area (Å²) in [6, 6.07) is 13.4. The molecule has 0 radical (unpaired) electrons. The first-order valence-corrected chi connectivity index (χ1v) is 5.60. The van der Waals surface area contributed by atoms with Crippen LogP contribution in [0, 0.1) is 18.3 Å². The number of nitrogens with zero attached hydrogens (tertiary/aromatic N) is 1. The number of benzene rings is 2. The highest BCUT2D eigenvalue weighted by Crippen LogP contribution is 2.29. The number of anilines is 1. The van der Waals surface area contributed by atoms with E-state index in [4.69, 9.17) is 15.7 Å². The topological polar surface area (TPSA) is 59.0 Å². The Hall–Kier alpha value is -2.47. The van der Waals surface area contributed by atoms with Crippen LogP contribution in [0.4, 0.5) is 5.69 Å². The molecule has 90 valence electrons. The number of methoxy groups -OCH3 is 1. The SMILES string of the molecule is COc1ccc(-c2ccc(N)cc2C#N)cc1C. The van der Waals surface area contributed by atoms with E-state index in [2.05, 4.69) is 6.07 Å². The maximum absolute atomic E-state index is 9.14. The zero-order chi connectivity index (χ0) is 13.1. The summed E-state index contributed by atoms with van der Waals surface area (Å²) in [6.45, 7) is 1.98. The molecule has 0 unspecified atom stereocenters. The van der Waals surface area contributed by atoms with E-state index in [0.29, 0.717) is 11.3 Å². The normalized spacial score (nSPS) is 9.83. The van der Waals surface area contributed by atoms with Crippen LogP contribution >= 0.6 is 0 Å². The molecule has 3 heteroatoms. The average molecular weight is 238 g/mol. The van der Waals surface area contributed by atoms with Crippen molar-refractivity contribution in [3.63, 3.8) is 0 Å². The molecule has 2 aromatic rings. The minimum absolute atomic E-state index is 0.583. The van der Waals surface area contributed by atoms with E-state index in [1.165, 1.54) is 0 Å². The molecule has 0 heterocycles. The molecule has 2 rings (SSSR count). The first-order chi connectivity index (χ1) is 8.65. The summed E-state index contributed by atoms with van der Waals surface area (Å²) in [5.74, 6) is 0.840. The molecule has 2 N–H and O–H groups in total. The second kappa shape index (κ2) is 4.80. The zero-order valence-electron chi connectivity index (χ0n) is 10.4. The number of rotatable bonds is 2. The van der Waals surface area contributed by atoms with Gasteiger partial charge in [0.25, 0.3) is 0 Å². The van der Waals surface area contributed by atoms with Gasteiger partial charge in [-0.15, -0.1) is 0 Å². The Kier molecular flexibility index (Phi) is 3.20. The van der Waals surface area contributed by atoms with E-state index in [9.17, 15) is 0 Å². The lowest BCUT2D eigenvalue weighted by Crippen LogP contribution is -1.91. The fourth-order valence-corrected chi connectivity index (χ4v) is 1.95. The van der Waals surface area contributed by atoms with Crippen LogP contribution in [0.1, 0.15) is 11.1 Å². The van der Waals surface area contributed by atoms with Gasteiger partial charge in [0, 0.05) is 5.69 Å². The van der Waals surface area contributed by atoms with Crippen molar-refractivity contribution in [3.05, 3.63) is 47.5 Å². The van der Waals surface area contributed by atoms with Crippen LogP contribution in [0.25, 0.3) is 11.1 Å². The zero-order valence-corrected chi connectivity index (χ0v) is 10.4.